The maximum Gasteiger partial charge on any atom is 0.162 e. The van der Waals surface area contributed by atoms with Gasteiger partial charge >= 0.3 is 0 Å². The van der Waals surface area contributed by atoms with Gasteiger partial charge in [0, 0.05) is 17.5 Å². The molecule has 0 spiro atoms. The second-order valence-corrected chi connectivity index (χ2v) is 6.45. The molecular weight excluding hydrogens is 336 g/mol. The molecular formula is C16H21BrO4. The van der Waals surface area contributed by atoms with Crippen molar-refractivity contribution in [2.75, 3.05) is 19.8 Å². The van der Waals surface area contributed by atoms with Crippen LogP contribution in [0.2, 0.25) is 0 Å². The van der Waals surface area contributed by atoms with Crippen molar-refractivity contribution < 1.29 is 19.3 Å². The molecule has 0 saturated carbocycles. The largest absolute Gasteiger partial charge is 0.490 e. The number of halogens is 1. The van der Waals surface area contributed by atoms with E-state index in [2.05, 4.69) is 15.9 Å². The molecule has 2 unspecified atom stereocenters. The Labute approximate surface area is 133 Å². The van der Waals surface area contributed by atoms with Crippen molar-refractivity contribution in [3.05, 3.63) is 22.2 Å². The summed E-state index contributed by atoms with van der Waals surface area (Å²) in [5, 5.41) is 10.5. The van der Waals surface area contributed by atoms with E-state index in [4.69, 9.17) is 14.2 Å². The lowest BCUT2D eigenvalue weighted by Gasteiger charge is -2.17. The summed E-state index contributed by atoms with van der Waals surface area (Å²) in [6, 6.07) is 3.79. The average Bonchev–Trinajstić information content (AvgIpc) is 2.89. The van der Waals surface area contributed by atoms with Crippen LogP contribution < -0.4 is 9.47 Å². The summed E-state index contributed by atoms with van der Waals surface area (Å²) in [6.45, 7) is 2.18. The molecule has 0 aromatic heterocycles. The first-order chi connectivity index (χ1) is 10.2. The molecule has 0 radical (unpaired) electrons. The summed E-state index contributed by atoms with van der Waals surface area (Å²) in [7, 11) is 0. The van der Waals surface area contributed by atoms with Crippen molar-refractivity contribution in [3.8, 4) is 11.5 Å². The summed E-state index contributed by atoms with van der Waals surface area (Å²) in [5.74, 6) is 1.47. The highest BCUT2D eigenvalue weighted by Gasteiger charge is 2.21. The Morgan fingerprint density at radius 1 is 1.14 bits per heavy atom. The number of aliphatic hydroxyl groups is 1. The molecule has 1 aromatic carbocycles. The van der Waals surface area contributed by atoms with Gasteiger partial charge in [-0.1, -0.05) is 15.9 Å². The topological polar surface area (TPSA) is 47.9 Å². The number of fused-ring (bicyclic) bond motifs is 1. The molecule has 1 saturated heterocycles. The van der Waals surface area contributed by atoms with Crippen LogP contribution in [-0.2, 0) is 4.74 Å². The van der Waals surface area contributed by atoms with E-state index in [1.165, 1.54) is 0 Å². The zero-order chi connectivity index (χ0) is 14.7. The van der Waals surface area contributed by atoms with Gasteiger partial charge in [-0.3, -0.25) is 0 Å². The molecule has 2 atom stereocenters. The highest BCUT2D eigenvalue weighted by atomic mass is 79.9. The zero-order valence-corrected chi connectivity index (χ0v) is 13.6. The third-order valence-corrected chi connectivity index (χ3v) is 4.70. The second kappa shape index (κ2) is 6.99. The fraction of sp³-hybridized carbons (Fsp3) is 0.625. The quantitative estimate of drug-likeness (QED) is 0.895. The standard InChI is InChI=1S/C16H21BrO4/c17-13-10-16-15(20-7-2-8-21-16)9-12(13)14(18)5-4-11-3-1-6-19-11/h9-11,14,18H,1-8H2. The van der Waals surface area contributed by atoms with Crippen molar-refractivity contribution in [3.63, 3.8) is 0 Å². The van der Waals surface area contributed by atoms with Gasteiger partial charge in [-0.15, -0.1) is 0 Å². The minimum Gasteiger partial charge on any atom is -0.490 e. The third-order valence-electron chi connectivity index (χ3n) is 4.01. The van der Waals surface area contributed by atoms with Gasteiger partial charge in [-0.2, -0.15) is 0 Å². The van der Waals surface area contributed by atoms with Crippen LogP contribution in [0.3, 0.4) is 0 Å². The molecule has 1 fully saturated rings. The molecule has 2 heterocycles. The molecule has 2 aliphatic rings. The minimum absolute atomic E-state index is 0.304. The summed E-state index contributed by atoms with van der Waals surface area (Å²) in [5.41, 5.74) is 0.859. The lowest BCUT2D eigenvalue weighted by atomic mass is 10.0. The van der Waals surface area contributed by atoms with Crippen LogP contribution in [-0.4, -0.2) is 31.0 Å². The lowest BCUT2D eigenvalue weighted by molar-refractivity contribution is 0.0810. The lowest BCUT2D eigenvalue weighted by Crippen LogP contribution is -2.08. The number of rotatable bonds is 4. The Morgan fingerprint density at radius 2 is 1.90 bits per heavy atom. The average molecular weight is 357 g/mol. The van der Waals surface area contributed by atoms with Crippen molar-refractivity contribution in [2.45, 2.75) is 44.3 Å². The molecule has 0 bridgehead atoms. The molecule has 2 aliphatic heterocycles. The number of benzene rings is 1. The molecule has 0 amide bonds. The molecule has 3 rings (SSSR count). The third kappa shape index (κ3) is 3.71. The van der Waals surface area contributed by atoms with E-state index in [0.717, 1.165) is 53.8 Å². The summed E-state index contributed by atoms with van der Waals surface area (Å²) in [6.07, 6.45) is 4.50. The summed E-state index contributed by atoms with van der Waals surface area (Å²) < 4.78 is 17.8. The molecule has 116 valence electrons. The van der Waals surface area contributed by atoms with E-state index in [-0.39, 0.29) is 0 Å². The van der Waals surface area contributed by atoms with E-state index in [0.29, 0.717) is 25.7 Å². The van der Waals surface area contributed by atoms with Gasteiger partial charge in [0.05, 0.1) is 25.4 Å². The number of ether oxygens (including phenoxy) is 3. The summed E-state index contributed by atoms with van der Waals surface area (Å²) in [4.78, 5) is 0. The van der Waals surface area contributed by atoms with Crippen LogP contribution >= 0.6 is 15.9 Å². The predicted octanol–water partition coefficient (Wildman–Crippen LogP) is 3.60. The monoisotopic (exact) mass is 356 g/mol. The van der Waals surface area contributed by atoms with Crippen LogP contribution in [0, 0.1) is 0 Å². The fourth-order valence-electron chi connectivity index (χ4n) is 2.83. The van der Waals surface area contributed by atoms with Crippen LogP contribution in [0.1, 0.15) is 43.8 Å². The van der Waals surface area contributed by atoms with E-state index in [1.807, 2.05) is 12.1 Å². The SMILES string of the molecule is OC(CCC1CCCO1)c1cc2c(cc1Br)OCCCO2. The van der Waals surface area contributed by atoms with Crippen LogP contribution in [0.25, 0.3) is 0 Å². The van der Waals surface area contributed by atoms with E-state index in [1.54, 1.807) is 0 Å². The van der Waals surface area contributed by atoms with Crippen molar-refractivity contribution in [1.82, 2.24) is 0 Å². The predicted molar refractivity (Wildman–Crippen MR) is 82.9 cm³/mol. The molecule has 1 aromatic rings. The minimum atomic E-state index is -0.513. The zero-order valence-electron chi connectivity index (χ0n) is 12.0. The normalized spacial score (nSPS) is 22.9. The number of hydrogen-bond acceptors (Lipinski definition) is 4. The molecule has 5 heteroatoms. The van der Waals surface area contributed by atoms with Crippen molar-refractivity contribution in [2.24, 2.45) is 0 Å². The van der Waals surface area contributed by atoms with Gasteiger partial charge in [0.2, 0.25) is 0 Å². The molecule has 21 heavy (non-hydrogen) atoms. The smallest absolute Gasteiger partial charge is 0.162 e. The van der Waals surface area contributed by atoms with Crippen molar-refractivity contribution in [1.29, 1.82) is 0 Å². The van der Waals surface area contributed by atoms with E-state index in [9.17, 15) is 5.11 Å². The van der Waals surface area contributed by atoms with Crippen LogP contribution in [0.4, 0.5) is 0 Å². The van der Waals surface area contributed by atoms with Gasteiger partial charge in [-0.05, 0) is 43.4 Å². The highest BCUT2D eigenvalue weighted by molar-refractivity contribution is 9.10. The Balaban J connectivity index is 1.69. The maximum absolute atomic E-state index is 10.5. The Hall–Kier alpha value is -0.780. The fourth-order valence-corrected chi connectivity index (χ4v) is 3.41. The van der Waals surface area contributed by atoms with Gasteiger partial charge in [-0.25, -0.2) is 0 Å². The highest BCUT2D eigenvalue weighted by Crippen LogP contribution is 2.38. The summed E-state index contributed by atoms with van der Waals surface area (Å²) >= 11 is 3.53. The van der Waals surface area contributed by atoms with Gasteiger partial charge in [0.15, 0.2) is 11.5 Å². The number of hydrogen-bond donors (Lipinski definition) is 1. The van der Waals surface area contributed by atoms with Crippen molar-refractivity contribution >= 4 is 15.9 Å². The number of aliphatic hydroxyl groups excluding tert-OH is 1. The first-order valence-electron chi connectivity index (χ1n) is 7.63. The van der Waals surface area contributed by atoms with Gasteiger partial charge in [0.1, 0.15) is 0 Å². The van der Waals surface area contributed by atoms with Gasteiger partial charge in [0.25, 0.3) is 0 Å². The Kier molecular flexibility index (Phi) is 5.03. The molecule has 1 N–H and O–H groups in total. The van der Waals surface area contributed by atoms with Gasteiger partial charge < -0.3 is 19.3 Å². The maximum atomic E-state index is 10.5. The Bertz CT molecular complexity index is 485. The van der Waals surface area contributed by atoms with E-state index < -0.39 is 6.10 Å². The first-order valence-corrected chi connectivity index (χ1v) is 8.42. The van der Waals surface area contributed by atoms with Crippen LogP contribution in [0.5, 0.6) is 11.5 Å². The molecule has 4 nitrogen and oxygen atoms in total. The Morgan fingerprint density at radius 3 is 2.62 bits per heavy atom. The van der Waals surface area contributed by atoms with E-state index >= 15 is 0 Å². The first kappa shape index (κ1) is 15.1. The van der Waals surface area contributed by atoms with Crippen LogP contribution in [0.15, 0.2) is 16.6 Å². The molecule has 0 aliphatic carbocycles. The second-order valence-electron chi connectivity index (χ2n) is 5.60.